The van der Waals surface area contributed by atoms with Gasteiger partial charge in [0.2, 0.25) is 0 Å². The molecule has 0 aliphatic carbocycles. The summed E-state index contributed by atoms with van der Waals surface area (Å²) in [4.78, 5) is 36.6. The molecule has 3 heterocycles. The molecule has 6 nitrogen and oxygen atoms in total. The van der Waals surface area contributed by atoms with Gasteiger partial charge >= 0.3 is 5.97 Å². The molecule has 0 radical (unpaired) electrons. The average molecular weight is 590 g/mol. The summed E-state index contributed by atoms with van der Waals surface area (Å²) in [7, 11) is 0. The third-order valence-corrected chi connectivity index (χ3v) is 9.05. The van der Waals surface area contributed by atoms with Gasteiger partial charge < -0.3 is 9.72 Å². The number of nitrogens with one attached hydrogen (secondary N) is 1. The molecule has 0 bridgehead atoms. The van der Waals surface area contributed by atoms with E-state index >= 15 is 0 Å². The number of aromatic amines is 1. The molecule has 218 valence electrons. The van der Waals surface area contributed by atoms with E-state index < -0.39 is 12.0 Å². The minimum Gasteiger partial charge on any atom is -0.463 e. The molecule has 0 fully saturated rings. The largest absolute Gasteiger partial charge is 0.463 e. The van der Waals surface area contributed by atoms with Crippen molar-refractivity contribution in [3.63, 3.8) is 0 Å². The Labute approximate surface area is 254 Å². The Bertz CT molecular complexity index is 2080. The summed E-state index contributed by atoms with van der Waals surface area (Å²) in [6.45, 7) is 12.3. The zero-order valence-electron chi connectivity index (χ0n) is 25.3. The first-order valence-electron chi connectivity index (χ1n) is 14.7. The van der Waals surface area contributed by atoms with Gasteiger partial charge in [0.15, 0.2) is 4.80 Å². The molecule has 6 rings (SSSR count). The standard InChI is InChI=1S/C36H35N3O3S/c1-7-42-35(41)30-23(6)37-36-39(33(30)26-15-13-24(14-16-26)20(2)3)34(40)29(43-36)19-28-27-18-21(4)17-22(5)31(27)38-32(28)25-11-9-8-10-12-25/h8-20,33,38H,7H2,1-6H3/b29-19+/t33-/m1/s1. The van der Waals surface area contributed by atoms with E-state index in [1.807, 2.05) is 43.3 Å². The van der Waals surface area contributed by atoms with Crippen molar-refractivity contribution in [3.8, 4) is 11.3 Å². The van der Waals surface area contributed by atoms with Gasteiger partial charge in [0.1, 0.15) is 0 Å². The van der Waals surface area contributed by atoms with Gasteiger partial charge in [0, 0.05) is 16.5 Å². The summed E-state index contributed by atoms with van der Waals surface area (Å²) < 4.78 is 7.68. The van der Waals surface area contributed by atoms with Gasteiger partial charge in [0.05, 0.1) is 34.1 Å². The fourth-order valence-corrected chi connectivity index (χ4v) is 6.98. The van der Waals surface area contributed by atoms with E-state index in [0.29, 0.717) is 26.5 Å². The maximum Gasteiger partial charge on any atom is 0.338 e. The summed E-state index contributed by atoms with van der Waals surface area (Å²) in [6.07, 6.45) is 1.98. The van der Waals surface area contributed by atoms with Crippen LogP contribution >= 0.6 is 11.3 Å². The molecule has 0 saturated carbocycles. The molecule has 1 atom stereocenters. The van der Waals surface area contributed by atoms with Crippen molar-refractivity contribution < 1.29 is 9.53 Å². The van der Waals surface area contributed by atoms with E-state index in [2.05, 4.69) is 69.1 Å². The molecule has 1 N–H and O–H groups in total. The SMILES string of the molecule is CCOC(=O)C1=C(C)N=c2s/c(=C/c3c(-c4ccccc4)[nH]c4c(C)cc(C)cc34)c(=O)n2[C@@H]1c1ccc(C(C)C)cc1. The number of benzene rings is 3. The van der Waals surface area contributed by atoms with E-state index in [9.17, 15) is 9.59 Å². The molecule has 5 aromatic rings. The summed E-state index contributed by atoms with van der Waals surface area (Å²) in [5, 5.41) is 1.06. The maximum atomic E-state index is 14.3. The van der Waals surface area contributed by atoms with Crippen LogP contribution in [0.2, 0.25) is 0 Å². The maximum absolute atomic E-state index is 14.3. The third kappa shape index (κ3) is 5.08. The smallest absolute Gasteiger partial charge is 0.338 e. The van der Waals surface area contributed by atoms with Crippen molar-refractivity contribution in [3.05, 3.63) is 126 Å². The second-order valence-corrected chi connectivity index (χ2v) is 12.4. The number of H-pyrrole nitrogens is 1. The molecular formula is C36H35N3O3S. The van der Waals surface area contributed by atoms with Crippen LogP contribution in [0.1, 0.15) is 67.5 Å². The molecule has 0 amide bonds. The Morgan fingerprint density at radius 1 is 1.07 bits per heavy atom. The highest BCUT2D eigenvalue weighted by atomic mass is 32.1. The fraction of sp³-hybridized carbons (Fsp3) is 0.250. The average Bonchev–Trinajstić information content (AvgIpc) is 3.50. The second-order valence-electron chi connectivity index (χ2n) is 11.4. The highest BCUT2D eigenvalue weighted by molar-refractivity contribution is 7.07. The molecule has 0 spiro atoms. The van der Waals surface area contributed by atoms with Crippen LogP contribution in [-0.4, -0.2) is 22.1 Å². The van der Waals surface area contributed by atoms with E-state index in [0.717, 1.165) is 44.4 Å². The lowest BCUT2D eigenvalue weighted by Gasteiger charge is -2.25. The van der Waals surface area contributed by atoms with Gasteiger partial charge in [-0.15, -0.1) is 0 Å². The number of carbonyl (C=O) groups is 1. The highest BCUT2D eigenvalue weighted by Crippen LogP contribution is 2.34. The summed E-state index contributed by atoms with van der Waals surface area (Å²) >= 11 is 1.35. The van der Waals surface area contributed by atoms with Crippen molar-refractivity contribution in [2.45, 2.75) is 53.5 Å². The van der Waals surface area contributed by atoms with Gasteiger partial charge in [-0.1, -0.05) is 91.4 Å². The summed E-state index contributed by atoms with van der Waals surface area (Å²) in [5.41, 5.74) is 9.10. The lowest BCUT2D eigenvalue weighted by atomic mass is 9.93. The number of nitrogens with zero attached hydrogens (tertiary/aromatic N) is 2. The van der Waals surface area contributed by atoms with E-state index in [1.165, 1.54) is 16.9 Å². The van der Waals surface area contributed by atoms with Gasteiger partial charge in [-0.3, -0.25) is 9.36 Å². The first-order valence-corrected chi connectivity index (χ1v) is 15.5. The first-order chi connectivity index (χ1) is 20.7. The van der Waals surface area contributed by atoms with Crippen molar-refractivity contribution in [2.75, 3.05) is 6.61 Å². The Morgan fingerprint density at radius 2 is 1.79 bits per heavy atom. The number of carbonyl (C=O) groups excluding carboxylic acids is 1. The monoisotopic (exact) mass is 589 g/mol. The van der Waals surface area contributed by atoms with Crippen LogP contribution in [0.4, 0.5) is 0 Å². The van der Waals surface area contributed by atoms with Crippen LogP contribution < -0.4 is 14.9 Å². The topological polar surface area (TPSA) is 76.4 Å². The quantitative estimate of drug-likeness (QED) is 0.224. The Morgan fingerprint density at radius 3 is 2.47 bits per heavy atom. The minimum atomic E-state index is -0.639. The molecule has 0 unspecified atom stereocenters. The number of allylic oxidation sites excluding steroid dienone is 1. The molecular weight excluding hydrogens is 554 g/mol. The zero-order chi connectivity index (χ0) is 30.4. The van der Waals surface area contributed by atoms with Crippen LogP contribution in [0.3, 0.4) is 0 Å². The van der Waals surface area contributed by atoms with Crippen LogP contribution in [0.15, 0.2) is 87.8 Å². The van der Waals surface area contributed by atoms with Crippen molar-refractivity contribution in [1.29, 1.82) is 0 Å². The number of fused-ring (bicyclic) bond motifs is 2. The second kappa shape index (κ2) is 11.3. The number of ether oxygens (including phenoxy) is 1. The van der Waals surface area contributed by atoms with Crippen molar-refractivity contribution in [1.82, 2.24) is 9.55 Å². The molecule has 3 aromatic carbocycles. The number of esters is 1. The van der Waals surface area contributed by atoms with Crippen LogP contribution in [-0.2, 0) is 9.53 Å². The number of hydrogen-bond donors (Lipinski definition) is 1. The molecule has 0 saturated heterocycles. The van der Waals surface area contributed by atoms with Crippen LogP contribution in [0.25, 0.3) is 28.2 Å². The molecule has 1 aliphatic heterocycles. The van der Waals surface area contributed by atoms with Gasteiger partial charge in [-0.05, 0) is 68.0 Å². The molecule has 7 heteroatoms. The van der Waals surface area contributed by atoms with E-state index in [-0.39, 0.29) is 12.2 Å². The van der Waals surface area contributed by atoms with Crippen LogP contribution in [0, 0.1) is 13.8 Å². The Hall–Kier alpha value is -4.49. The van der Waals surface area contributed by atoms with Gasteiger partial charge in [-0.2, -0.15) is 0 Å². The fourth-order valence-electron chi connectivity index (χ4n) is 5.96. The summed E-state index contributed by atoms with van der Waals surface area (Å²) in [6, 6.07) is 22.0. The number of hydrogen-bond acceptors (Lipinski definition) is 5. The highest BCUT2D eigenvalue weighted by Gasteiger charge is 2.33. The third-order valence-electron chi connectivity index (χ3n) is 8.06. The van der Waals surface area contributed by atoms with E-state index in [1.54, 1.807) is 11.5 Å². The lowest BCUT2D eigenvalue weighted by Crippen LogP contribution is -2.39. The van der Waals surface area contributed by atoms with Gasteiger partial charge in [0.25, 0.3) is 5.56 Å². The van der Waals surface area contributed by atoms with Gasteiger partial charge in [-0.25, -0.2) is 9.79 Å². The van der Waals surface area contributed by atoms with Crippen LogP contribution in [0.5, 0.6) is 0 Å². The zero-order valence-corrected chi connectivity index (χ0v) is 26.1. The molecule has 43 heavy (non-hydrogen) atoms. The number of aryl methyl sites for hydroxylation is 2. The number of rotatable bonds is 6. The van der Waals surface area contributed by atoms with Crippen molar-refractivity contribution >= 4 is 34.3 Å². The normalized spacial score (nSPS) is 15.2. The van der Waals surface area contributed by atoms with Crippen molar-refractivity contribution in [2.24, 2.45) is 4.99 Å². The summed E-state index contributed by atoms with van der Waals surface area (Å²) in [5.74, 6) is -0.0926. The number of aromatic nitrogens is 2. The predicted molar refractivity (Wildman–Crippen MR) is 174 cm³/mol. The molecule has 2 aromatic heterocycles. The lowest BCUT2D eigenvalue weighted by molar-refractivity contribution is -0.139. The molecule has 1 aliphatic rings. The Kier molecular flexibility index (Phi) is 7.52. The first kappa shape index (κ1) is 28.6. The number of thiazole rings is 1. The van der Waals surface area contributed by atoms with E-state index in [4.69, 9.17) is 9.73 Å². The minimum absolute atomic E-state index is 0.186. The predicted octanol–water partition coefficient (Wildman–Crippen LogP) is 6.69. The Balaban J connectivity index is 1.61.